The first kappa shape index (κ1) is 29.1. The largest absolute Gasteiger partial charge is 0.496 e. The molecule has 1 unspecified atom stereocenters. The summed E-state index contributed by atoms with van der Waals surface area (Å²) in [7, 11) is 1.36. The quantitative estimate of drug-likeness (QED) is 0.284. The van der Waals surface area contributed by atoms with Crippen LogP contribution in [0.1, 0.15) is 66.6 Å². The number of nitrogens with zero attached hydrogens (tertiary/aromatic N) is 2. The molecule has 0 saturated carbocycles. The number of esters is 2. The number of ether oxygens (including phenoxy) is 3. The molecule has 2 aromatic heterocycles. The number of thiophene rings is 1. The van der Waals surface area contributed by atoms with Crippen molar-refractivity contribution < 1.29 is 33.3 Å². The average Bonchev–Trinajstić information content (AvgIpc) is 3.23. The molecule has 3 rings (SSSR count). The highest BCUT2D eigenvalue weighted by atomic mass is 32.1. The first-order chi connectivity index (χ1) is 18.1. The van der Waals surface area contributed by atoms with Gasteiger partial charge in [-0.1, -0.05) is 13.3 Å². The van der Waals surface area contributed by atoms with Gasteiger partial charge in [0.05, 0.1) is 32.3 Å². The van der Waals surface area contributed by atoms with Crippen molar-refractivity contribution in [1.82, 2.24) is 9.13 Å². The molecule has 1 N–H and O–H groups in total. The van der Waals surface area contributed by atoms with E-state index in [9.17, 15) is 28.7 Å². The number of hydrogen-bond acceptors (Lipinski definition) is 9. The first-order valence-corrected chi connectivity index (χ1v) is 13.0. The molecule has 0 aliphatic rings. The number of carbonyl (C=O) groups excluding carboxylic acids is 2. The molecule has 0 fully saturated rings. The number of benzene rings is 1. The second kappa shape index (κ2) is 12.4. The Bertz CT molecular complexity index is 1460. The molecular formula is C26H31FN2O8S. The predicted octanol–water partition coefficient (Wildman–Crippen LogP) is 3.50. The van der Waals surface area contributed by atoms with Crippen LogP contribution >= 0.6 is 11.3 Å². The van der Waals surface area contributed by atoms with Gasteiger partial charge in [0, 0.05) is 5.56 Å². The van der Waals surface area contributed by atoms with Crippen molar-refractivity contribution >= 4 is 33.5 Å². The van der Waals surface area contributed by atoms with Gasteiger partial charge in [-0.25, -0.2) is 23.3 Å². The van der Waals surface area contributed by atoms with Crippen molar-refractivity contribution in [3.05, 3.63) is 60.9 Å². The molecule has 2 atom stereocenters. The van der Waals surface area contributed by atoms with Gasteiger partial charge in [-0.2, -0.15) is 0 Å². The minimum atomic E-state index is -1.44. The summed E-state index contributed by atoms with van der Waals surface area (Å²) in [6, 6.07) is 2.31. The molecule has 3 aromatic rings. The number of carbonyl (C=O) groups is 2. The molecule has 10 nitrogen and oxygen atoms in total. The lowest BCUT2D eigenvalue weighted by Crippen LogP contribution is -2.44. The number of aliphatic hydroxyl groups excluding tert-OH is 1. The smallest absolute Gasteiger partial charge is 0.348 e. The van der Waals surface area contributed by atoms with Crippen molar-refractivity contribution in [1.29, 1.82) is 0 Å². The summed E-state index contributed by atoms with van der Waals surface area (Å²) in [5, 5.41) is 11.1. The second-order valence-electron chi connectivity index (χ2n) is 8.62. The van der Waals surface area contributed by atoms with Gasteiger partial charge in [-0.15, -0.1) is 11.3 Å². The van der Waals surface area contributed by atoms with E-state index in [0.29, 0.717) is 6.42 Å². The standard InChI is InChI=1S/C26H31FN2O8S/c1-6-8-11-37-24(32)15(4)29-22(31)20-14(3)21(25(33)36-7-2)38-23(20)28(26(29)34)13-18(30)17-12-16(27)9-10-19(17)35-5/h9-10,12,15,18,30H,6-8,11,13H2,1-5H3/t15?,18-/m0/s1. The minimum Gasteiger partial charge on any atom is -0.496 e. The maximum atomic E-state index is 14.0. The number of halogens is 1. The summed E-state index contributed by atoms with van der Waals surface area (Å²) in [4.78, 5) is 52.8. The Balaban J connectivity index is 2.24. The van der Waals surface area contributed by atoms with Crippen LogP contribution < -0.4 is 16.0 Å². The van der Waals surface area contributed by atoms with E-state index in [2.05, 4.69) is 0 Å². The van der Waals surface area contributed by atoms with Crippen LogP contribution in [-0.4, -0.2) is 46.5 Å². The number of unbranched alkanes of at least 4 members (excludes halogenated alkanes) is 1. The number of fused-ring (bicyclic) bond motifs is 1. The SMILES string of the molecule is CCCCOC(=O)C(C)n1c(=O)c2c(C)c(C(=O)OCC)sc2n(C[C@H](O)c2cc(F)ccc2OC)c1=O. The Morgan fingerprint density at radius 2 is 1.89 bits per heavy atom. The topological polar surface area (TPSA) is 126 Å². The second-order valence-corrected chi connectivity index (χ2v) is 9.62. The first-order valence-electron chi connectivity index (χ1n) is 12.2. The normalized spacial score (nSPS) is 12.8. The molecule has 0 spiro atoms. The molecule has 0 aliphatic heterocycles. The third-order valence-corrected chi connectivity index (χ3v) is 7.38. The van der Waals surface area contributed by atoms with E-state index in [-0.39, 0.29) is 45.2 Å². The number of hydrogen-bond donors (Lipinski definition) is 1. The van der Waals surface area contributed by atoms with Gasteiger partial charge >= 0.3 is 17.6 Å². The molecule has 0 aliphatic carbocycles. The van der Waals surface area contributed by atoms with Crippen LogP contribution in [0.3, 0.4) is 0 Å². The molecule has 206 valence electrons. The lowest BCUT2D eigenvalue weighted by atomic mass is 10.1. The molecule has 38 heavy (non-hydrogen) atoms. The number of rotatable bonds is 11. The van der Waals surface area contributed by atoms with E-state index in [1.165, 1.54) is 26.2 Å². The summed E-state index contributed by atoms with van der Waals surface area (Å²) in [5.41, 5.74) is -1.31. The van der Waals surface area contributed by atoms with Gasteiger partial charge in [-0.05, 0) is 51.0 Å². The van der Waals surface area contributed by atoms with Crippen molar-refractivity contribution in [3.8, 4) is 5.75 Å². The van der Waals surface area contributed by atoms with E-state index in [1.807, 2.05) is 6.92 Å². The van der Waals surface area contributed by atoms with Gasteiger partial charge in [0.25, 0.3) is 5.56 Å². The zero-order valence-electron chi connectivity index (χ0n) is 21.9. The Labute approximate surface area is 222 Å². The van der Waals surface area contributed by atoms with E-state index < -0.39 is 47.7 Å². The van der Waals surface area contributed by atoms with E-state index in [0.717, 1.165) is 33.0 Å². The maximum absolute atomic E-state index is 14.0. The van der Waals surface area contributed by atoms with Gasteiger partial charge in [-0.3, -0.25) is 9.36 Å². The summed E-state index contributed by atoms with van der Waals surface area (Å²) in [5.74, 6) is -1.87. The zero-order chi connectivity index (χ0) is 28.1. The number of methoxy groups -OCH3 is 1. The fourth-order valence-corrected chi connectivity index (χ4v) is 5.23. The summed E-state index contributed by atoms with van der Waals surface area (Å²) >= 11 is 0.865. The summed E-state index contributed by atoms with van der Waals surface area (Å²) in [6.07, 6.45) is -0.0371. The van der Waals surface area contributed by atoms with Crippen LogP contribution in [-0.2, 0) is 20.8 Å². The molecule has 1 aromatic carbocycles. The minimum absolute atomic E-state index is 0.0317. The summed E-state index contributed by atoms with van der Waals surface area (Å²) in [6.45, 7) is 6.28. The zero-order valence-corrected chi connectivity index (χ0v) is 22.7. The Morgan fingerprint density at radius 3 is 2.53 bits per heavy atom. The Morgan fingerprint density at radius 1 is 1.18 bits per heavy atom. The number of aliphatic hydroxyl groups is 1. The lowest BCUT2D eigenvalue weighted by Gasteiger charge is -2.20. The van der Waals surface area contributed by atoms with Crippen LogP contribution in [0.4, 0.5) is 4.39 Å². The molecule has 0 bridgehead atoms. The average molecular weight is 551 g/mol. The molecule has 0 saturated heterocycles. The molecule has 2 heterocycles. The van der Waals surface area contributed by atoms with Gasteiger partial charge < -0.3 is 19.3 Å². The Kier molecular flexibility index (Phi) is 9.45. The van der Waals surface area contributed by atoms with Gasteiger partial charge in [0.1, 0.15) is 33.4 Å². The number of aromatic nitrogens is 2. The van der Waals surface area contributed by atoms with Crippen molar-refractivity contribution in [3.63, 3.8) is 0 Å². The molecule has 0 radical (unpaired) electrons. The maximum Gasteiger partial charge on any atom is 0.348 e. The highest BCUT2D eigenvalue weighted by Crippen LogP contribution is 2.32. The van der Waals surface area contributed by atoms with Crippen LogP contribution in [0.15, 0.2) is 27.8 Å². The van der Waals surface area contributed by atoms with E-state index >= 15 is 0 Å². The number of aryl methyl sites for hydroxylation is 1. The lowest BCUT2D eigenvalue weighted by molar-refractivity contribution is -0.147. The molecular weight excluding hydrogens is 519 g/mol. The third kappa shape index (κ3) is 5.65. The predicted molar refractivity (Wildman–Crippen MR) is 140 cm³/mol. The van der Waals surface area contributed by atoms with E-state index in [4.69, 9.17) is 14.2 Å². The van der Waals surface area contributed by atoms with Crippen LogP contribution in [0.25, 0.3) is 10.2 Å². The summed E-state index contributed by atoms with van der Waals surface area (Å²) < 4.78 is 31.4. The van der Waals surface area contributed by atoms with Crippen LogP contribution in [0, 0.1) is 12.7 Å². The van der Waals surface area contributed by atoms with Crippen LogP contribution in [0.5, 0.6) is 5.75 Å². The fraction of sp³-hybridized carbons (Fsp3) is 0.462. The fourth-order valence-electron chi connectivity index (χ4n) is 4.04. The highest BCUT2D eigenvalue weighted by molar-refractivity contribution is 7.20. The van der Waals surface area contributed by atoms with Crippen LogP contribution in [0.2, 0.25) is 0 Å². The van der Waals surface area contributed by atoms with Crippen molar-refractivity contribution in [2.45, 2.75) is 59.2 Å². The van der Waals surface area contributed by atoms with Gasteiger partial charge in [0.15, 0.2) is 0 Å². The van der Waals surface area contributed by atoms with Gasteiger partial charge in [0.2, 0.25) is 0 Å². The highest BCUT2D eigenvalue weighted by Gasteiger charge is 2.29. The van der Waals surface area contributed by atoms with Crippen molar-refractivity contribution in [2.75, 3.05) is 20.3 Å². The van der Waals surface area contributed by atoms with E-state index in [1.54, 1.807) is 13.8 Å². The molecule has 12 heteroatoms. The third-order valence-electron chi connectivity index (χ3n) is 6.08. The van der Waals surface area contributed by atoms with Crippen molar-refractivity contribution in [2.24, 2.45) is 0 Å². The molecule has 0 amide bonds. The monoisotopic (exact) mass is 550 g/mol. The Hall–Kier alpha value is -3.51.